The third-order valence-corrected chi connectivity index (χ3v) is 4.98. The fraction of sp³-hybridized carbons (Fsp3) is 0.400. The van der Waals surface area contributed by atoms with Crippen LogP contribution in [0.2, 0.25) is 0 Å². The Morgan fingerprint density at radius 3 is 2.61 bits per heavy atom. The van der Waals surface area contributed by atoms with Crippen molar-refractivity contribution in [3.05, 3.63) is 54.3 Å². The number of hydrogen-bond acceptors (Lipinski definition) is 5. The maximum Gasteiger partial charge on any atom is 0.323 e. The van der Waals surface area contributed by atoms with Crippen LogP contribution in [0.4, 0.5) is 10.6 Å². The summed E-state index contributed by atoms with van der Waals surface area (Å²) in [5.41, 5.74) is 0.902. The van der Waals surface area contributed by atoms with Gasteiger partial charge >= 0.3 is 6.03 Å². The summed E-state index contributed by atoms with van der Waals surface area (Å²) < 4.78 is 7.14. The van der Waals surface area contributed by atoms with E-state index >= 15 is 0 Å². The number of carbonyl (C=O) groups excluding carboxylic acids is 1. The molecule has 1 fully saturated rings. The highest BCUT2D eigenvalue weighted by atomic mass is 16.5. The van der Waals surface area contributed by atoms with E-state index in [1.54, 1.807) is 16.9 Å². The van der Waals surface area contributed by atoms with Gasteiger partial charge in [0, 0.05) is 31.0 Å². The highest BCUT2D eigenvalue weighted by molar-refractivity contribution is 5.88. The Labute approximate surface area is 163 Å². The Kier molecular flexibility index (Phi) is 5.10. The Morgan fingerprint density at radius 1 is 1.18 bits per heavy atom. The molecule has 2 aromatic heterocycles. The quantitative estimate of drug-likeness (QED) is 0.744. The number of anilines is 1. The minimum Gasteiger partial charge on any atom is -0.339 e. The first-order chi connectivity index (χ1) is 13.6. The standard InChI is InChI=1S/C20H24N6O2/c1-14(2)18-23-19(28-24-18)15-9-12-25(13-10-15)20(27)22-17-8-11-21-26(17)16-6-4-3-5-7-16/h3-8,11,14-15H,9-10,12-13H2,1-2H3,(H,22,27). The summed E-state index contributed by atoms with van der Waals surface area (Å²) in [5, 5.41) is 11.3. The Morgan fingerprint density at radius 2 is 1.93 bits per heavy atom. The van der Waals surface area contributed by atoms with Gasteiger partial charge in [-0.3, -0.25) is 5.32 Å². The molecule has 1 N–H and O–H groups in total. The first kappa shape index (κ1) is 18.2. The maximum absolute atomic E-state index is 12.7. The molecule has 3 aromatic rings. The zero-order valence-electron chi connectivity index (χ0n) is 16.1. The van der Waals surface area contributed by atoms with Crippen LogP contribution in [0, 0.1) is 0 Å². The van der Waals surface area contributed by atoms with Crippen LogP contribution in [0.15, 0.2) is 47.1 Å². The van der Waals surface area contributed by atoms with Gasteiger partial charge in [-0.1, -0.05) is 37.2 Å². The Hall–Kier alpha value is -3.16. The highest BCUT2D eigenvalue weighted by Gasteiger charge is 2.28. The van der Waals surface area contributed by atoms with Crippen molar-refractivity contribution in [1.82, 2.24) is 24.8 Å². The minimum absolute atomic E-state index is 0.121. The van der Waals surface area contributed by atoms with Gasteiger partial charge in [0.2, 0.25) is 5.89 Å². The number of likely N-dealkylation sites (tertiary alicyclic amines) is 1. The van der Waals surface area contributed by atoms with Gasteiger partial charge in [-0.05, 0) is 25.0 Å². The van der Waals surface area contributed by atoms with Crippen LogP contribution in [0.3, 0.4) is 0 Å². The van der Waals surface area contributed by atoms with Crippen molar-refractivity contribution >= 4 is 11.8 Å². The molecule has 3 heterocycles. The SMILES string of the molecule is CC(C)c1noc(C2CCN(C(=O)Nc3ccnn3-c3ccccc3)CC2)n1. The third kappa shape index (κ3) is 3.76. The zero-order valence-corrected chi connectivity index (χ0v) is 16.1. The molecule has 0 atom stereocenters. The van der Waals surface area contributed by atoms with Gasteiger partial charge in [0.25, 0.3) is 0 Å². The van der Waals surface area contributed by atoms with Gasteiger partial charge in [-0.15, -0.1) is 0 Å². The fourth-order valence-corrected chi connectivity index (χ4v) is 3.34. The van der Waals surface area contributed by atoms with Gasteiger partial charge in [-0.25, -0.2) is 9.48 Å². The molecule has 1 aromatic carbocycles. The predicted molar refractivity (Wildman–Crippen MR) is 105 cm³/mol. The van der Waals surface area contributed by atoms with E-state index in [0.717, 1.165) is 24.4 Å². The lowest BCUT2D eigenvalue weighted by Gasteiger charge is -2.30. The molecule has 8 heteroatoms. The van der Waals surface area contributed by atoms with E-state index < -0.39 is 0 Å². The molecule has 0 spiro atoms. The molecular weight excluding hydrogens is 356 g/mol. The monoisotopic (exact) mass is 380 g/mol. The van der Waals surface area contributed by atoms with E-state index in [1.807, 2.05) is 49.1 Å². The van der Waals surface area contributed by atoms with Gasteiger partial charge in [0.15, 0.2) is 5.82 Å². The second-order valence-corrected chi connectivity index (χ2v) is 7.30. The summed E-state index contributed by atoms with van der Waals surface area (Å²) in [5.74, 6) is 2.53. The van der Waals surface area contributed by atoms with E-state index in [-0.39, 0.29) is 17.9 Å². The number of urea groups is 1. The second kappa shape index (κ2) is 7.84. The van der Waals surface area contributed by atoms with E-state index in [0.29, 0.717) is 24.8 Å². The number of hydrogen-bond donors (Lipinski definition) is 1. The molecule has 1 aliphatic heterocycles. The van der Waals surface area contributed by atoms with Crippen LogP contribution < -0.4 is 5.32 Å². The molecule has 2 amide bonds. The number of para-hydroxylation sites is 1. The first-order valence-electron chi connectivity index (χ1n) is 9.60. The van der Waals surface area contributed by atoms with Gasteiger partial charge in [0.05, 0.1) is 11.9 Å². The molecule has 0 aliphatic carbocycles. The topological polar surface area (TPSA) is 89.1 Å². The van der Waals surface area contributed by atoms with Crippen molar-refractivity contribution in [2.75, 3.05) is 18.4 Å². The summed E-state index contributed by atoms with van der Waals surface area (Å²) in [6, 6.07) is 11.4. The Balaban J connectivity index is 1.37. The zero-order chi connectivity index (χ0) is 19.5. The normalized spacial score (nSPS) is 15.2. The average Bonchev–Trinajstić information content (AvgIpc) is 3.39. The van der Waals surface area contributed by atoms with Crippen molar-refractivity contribution in [1.29, 1.82) is 0 Å². The van der Waals surface area contributed by atoms with Crippen LogP contribution in [-0.4, -0.2) is 43.9 Å². The van der Waals surface area contributed by atoms with Crippen LogP contribution in [0.1, 0.15) is 50.2 Å². The number of nitrogens with zero attached hydrogens (tertiary/aromatic N) is 5. The average molecular weight is 380 g/mol. The number of rotatable bonds is 4. The van der Waals surface area contributed by atoms with Crippen molar-refractivity contribution in [2.24, 2.45) is 0 Å². The lowest BCUT2D eigenvalue weighted by Crippen LogP contribution is -2.41. The minimum atomic E-state index is -0.121. The van der Waals surface area contributed by atoms with Gasteiger partial charge in [-0.2, -0.15) is 10.1 Å². The van der Waals surface area contributed by atoms with Crippen LogP contribution in [0.5, 0.6) is 0 Å². The molecule has 1 aliphatic rings. The molecule has 0 bridgehead atoms. The number of amides is 2. The van der Waals surface area contributed by atoms with Crippen molar-refractivity contribution < 1.29 is 9.32 Å². The van der Waals surface area contributed by atoms with E-state index in [2.05, 4.69) is 20.6 Å². The molecule has 146 valence electrons. The van der Waals surface area contributed by atoms with Gasteiger partial charge < -0.3 is 9.42 Å². The maximum atomic E-state index is 12.7. The lowest BCUT2D eigenvalue weighted by molar-refractivity contribution is 0.187. The molecule has 28 heavy (non-hydrogen) atoms. The number of carbonyl (C=O) groups is 1. The van der Waals surface area contributed by atoms with E-state index in [4.69, 9.17) is 4.52 Å². The summed E-state index contributed by atoms with van der Waals surface area (Å²) in [6.45, 7) is 5.38. The first-order valence-corrected chi connectivity index (χ1v) is 9.60. The number of benzene rings is 1. The van der Waals surface area contributed by atoms with Gasteiger partial charge in [0.1, 0.15) is 5.82 Å². The molecule has 1 saturated heterocycles. The van der Waals surface area contributed by atoms with E-state index in [1.165, 1.54) is 0 Å². The van der Waals surface area contributed by atoms with Crippen molar-refractivity contribution in [3.8, 4) is 5.69 Å². The summed E-state index contributed by atoms with van der Waals surface area (Å²) in [6.07, 6.45) is 3.30. The van der Waals surface area contributed by atoms with E-state index in [9.17, 15) is 4.79 Å². The van der Waals surface area contributed by atoms with Crippen LogP contribution in [0.25, 0.3) is 5.69 Å². The third-order valence-electron chi connectivity index (χ3n) is 4.98. The Bertz CT molecular complexity index is 925. The predicted octanol–water partition coefficient (Wildman–Crippen LogP) is 3.79. The second-order valence-electron chi connectivity index (χ2n) is 7.30. The number of piperidine rings is 1. The summed E-state index contributed by atoms with van der Waals surface area (Å²) in [7, 11) is 0. The molecule has 0 radical (unpaired) electrons. The lowest BCUT2D eigenvalue weighted by atomic mass is 9.97. The van der Waals surface area contributed by atoms with Crippen molar-refractivity contribution in [2.45, 2.75) is 38.5 Å². The smallest absolute Gasteiger partial charge is 0.323 e. The van der Waals surface area contributed by atoms with Crippen LogP contribution >= 0.6 is 0 Å². The largest absolute Gasteiger partial charge is 0.339 e. The number of aromatic nitrogens is 4. The molecule has 0 saturated carbocycles. The molecular formula is C20H24N6O2. The molecule has 4 rings (SSSR count). The van der Waals surface area contributed by atoms with Crippen molar-refractivity contribution in [3.63, 3.8) is 0 Å². The van der Waals surface area contributed by atoms with Crippen LogP contribution in [-0.2, 0) is 0 Å². The summed E-state index contributed by atoms with van der Waals surface area (Å²) >= 11 is 0. The molecule has 0 unspecified atom stereocenters. The fourth-order valence-electron chi connectivity index (χ4n) is 3.34. The summed E-state index contributed by atoms with van der Waals surface area (Å²) in [4.78, 5) is 19.0. The highest BCUT2D eigenvalue weighted by Crippen LogP contribution is 2.28. The number of nitrogens with one attached hydrogen (secondary N) is 1. The molecule has 8 nitrogen and oxygen atoms in total.